The van der Waals surface area contributed by atoms with Crippen LogP contribution < -0.4 is 16.2 Å². The highest BCUT2D eigenvalue weighted by atomic mass is 35.5. The smallest absolute Gasteiger partial charge is 0.354 e. The average molecular weight is 926 g/mol. The van der Waals surface area contributed by atoms with Crippen LogP contribution in [-0.4, -0.2) is 83.0 Å². The number of nitrogens with one attached hydrogen (secondary N) is 3. The molecule has 2 aromatic heterocycles. The lowest BCUT2D eigenvalue weighted by molar-refractivity contribution is 0.102. The first-order valence-corrected chi connectivity index (χ1v) is 21.5. The topological polar surface area (TPSA) is 344 Å². The van der Waals surface area contributed by atoms with E-state index in [1.165, 1.54) is 48.5 Å². The lowest BCUT2D eigenvalue weighted by Gasteiger charge is -2.25. The molecule has 2 heterocycles. The molecule has 0 radical (unpaired) electrons. The summed E-state index contributed by atoms with van der Waals surface area (Å²) in [5, 5.41) is 3.57. The van der Waals surface area contributed by atoms with Crippen LogP contribution in [-0.2, 0) is 41.0 Å². The molecule has 59 heavy (non-hydrogen) atoms. The van der Waals surface area contributed by atoms with Crippen molar-refractivity contribution in [1.82, 2.24) is 19.9 Å². The minimum Gasteiger partial charge on any atom is -0.354 e. The first-order valence-electron chi connectivity index (χ1n) is 15.5. The zero-order valence-corrected chi connectivity index (χ0v) is 33.2. The van der Waals surface area contributed by atoms with Crippen LogP contribution in [0.5, 0.6) is 0 Å². The van der Waals surface area contributed by atoms with Crippen LogP contribution in [0, 0.1) is 0 Å². The van der Waals surface area contributed by atoms with E-state index in [-0.39, 0.29) is 27.6 Å². The van der Waals surface area contributed by atoms with E-state index in [0.717, 1.165) is 0 Å². The maximum Gasteiger partial charge on any atom is 0.425 e. The van der Waals surface area contributed by atoms with E-state index in [9.17, 15) is 53.3 Å². The van der Waals surface area contributed by atoms with Crippen molar-refractivity contribution in [2.24, 2.45) is 0 Å². The first kappa shape index (κ1) is 42.6. The molecule has 1 aliphatic rings. The van der Waals surface area contributed by atoms with Gasteiger partial charge >= 0.3 is 10.6 Å². The van der Waals surface area contributed by atoms with Crippen molar-refractivity contribution in [3.63, 3.8) is 0 Å². The second-order valence-electron chi connectivity index (χ2n) is 11.7. The summed E-state index contributed by atoms with van der Waals surface area (Å²) < 4.78 is 132. The Labute approximate surface area is 341 Å². The van der Waals surface area contributed by atoms with Crippen LogP contribution in [0.1, 0.15) is 31.8 Å². The molecule has 27 heteroatoms. The van der Waals surface area contributed by atoms with Crippen molar-refractivity contribution in [2.45, 2.75) is 14.7 Å². The van der Waals surface area contributed by atoms with Crippen LogP contribution in [0.2, 0.25) is 10.6 Å². The van der Waals surface area contributed by atoms with Gasteiger partial charge in [-0.3, -0.25) is 28.0 Å². The monoisotopic (exact) mass is 924 g/mol. The highest BCUT2D eigenvalue weighted by Gasteiger charge is 2.36. The molecular formula is C32H18Cl2N6O15S4. The number of ketones is 2. The van der Waals surface area contributed by atoms with Crippen LogP contribution in [0.25, 0.3) is 22.0 Å². The van der Waals surface area contributed by atoms with Gasteiger partial charge in [-0.2, -0.15) is 40.2 Å². The number of fused-ring (bicyclic) bond motifs is 2. The SMILES string of the molecule is O=C(c1ccccc1)c1c2c3c(c(Nc4cc(Nc5nc(Cl)nc(Cl)n5)c(S(=O)(=O)O)cc4S(=O)(=O)O)cc(S(=O)(=O)O)c3[nH]c1=O)C(=O)c1ccccc1-2.O=S(=O)=O. The maximum absolute atomic E-state index is 14.4. The van der Waals surface area contributed by atoms with Crippen LogP contribution in [0.15, 0.2) is 92.3 Å². The minimum atomic E-state index is -5.44. The van der Waals surface area contributed by atoms with Gasteiger partial charge in [0.05, 0.1) is 33.7 Å². The number of hydrogen-bond acceptors (Lipinski definition) is 17. The molecule has 304 valence electrons. The first-order chi connectivity index (χ1) is 27.5. The van der Waals surface area contributed by atoms with Gasteiger partial charge in [-0.1, -0.05) is 54.6 Å². The van der Waals surface area contributed by atoms with E-state index in [0.29, 0.717) is 18.2 Å². The van der Waals surface area contributed by atoms with Crippen LogP contribution in [0.3, 0.4) is 0 Å². The number of halogens is 2. The van der Waals surface area contributed by atoms with Crippen molar-refractivity contribution < 1.29 is 61.1 Å². The van der Waals surface area contributed by atoms with Gasteiger partial charge in [0.1, 0.15) is 14.7 Å². The number of hydrogen-bond donors (Lipinski definition) is 6. The van der Waals surface area contributed by atoms with Crippen LogP contribution >= 0.6 is 23.2 Å². The Morgan fingerprint density at radius 2 is 1.15 bits per heavy atom. The molecule has 21 nitrogen and oxygen atoms in total. The van der Waals surface area contributed by atoms with Crippen molar-refractivity contribution in [3.8, 4) is 11.1 Å². The summed E-state index contributed by atoms with van der Waals surface area (Å²) in [4.78, 5) is 52.0. The van der Waals surface area contributed by atoms with E-state index in [2.05, 4.69) is 30.6 Å². The number of rotatable bonds is 9. The summed E-state index contributed by atoms with van der Waals surface area (Å²) in [6.07, 6.45) is 0. The quantitative estimate of drug-likeness (QED) is 0.0888. The lowest BCUT2D eigenvalue weighted by atomic mass is 9.80. The third-order valence-corrected chi connectivity index (χ3v) is 11.2. The lowest BCUT2D eigenvalue weighted by Crippen LogP contribution is -2.25. The van der Waals surface area contributed by atoms with Gasteiger partial charge in [0.2, 0.25) is 16.5 Å². The molecule has 0 saturated heterocycles. The van der Waals surface area contributed by atoms with Crippen molar-refractivity contribution in [3.05, 3.63) is 116 Å². The number of carbonyl (C=O) groups excluding carboxylic acids is 2. The summed E-state index contributed by atoms with van der Waals surface area (Å²) in [5.41, 5.74) is -4.92. The molecule has 0 saturated carbocycles. The van der Waals surface area contributed by atoms with E-state index < -0.39 is 123 Å². The zero-order valence-electron chi connectivity index (χ0n) is 28.4. The summed E-state index contributed by atoms with van der Waals surface area (Å²) >= 11 is 11.6. The predicted octanol–water partition coefficient (Wildman–Crippen LogP) is 3.69. The van der Waals surface area contributed by atoms with Gasteiger partial charge in [-0.05, 0) is 47.0 Å². The molecule has 0 amide bonds. The highest BCUT2D eigenvalue weighted by molar-refractivity contribution is 7.87. The van der Waals surface area contributed by atoms with Gasteiger partial charge in [-0.15, -0.1) is 12.6 Å². The molecule has 0 atom stereocenters. The molecule has 6 aromatic rings. The molecule has 1 aliphatic carbocycles. The highest BCUT2D eigenvalue weighted by Crippen LogP contribution is 2.46. The van der Waals surface area contributed by atoms with Crippen molar-refractivity contribution in [1.29, 1.82) is 0 Å². The van der Waals surface area contributed by atoms with E-state index >= 15 is 0 Å². The number of nitrogens with zero attached hydrogens (tertiary/aromatic N) is 3. The average Bonchev–Trinajstić information content (AvgIpc) is 3.12. The number of benzene rings is 4. The summed E-state index contributed by atoms with van der Waals surface area (Å²) in [6.45, 7) is 0. The second-order valence-corrected chi connectivity index (χ2v) is 17.0. The molecule has 7 rings (SSSR count). The number of aromatic nitrogens is 4. The van der Waals surface area contributed by atoms with Gasteiger partial charge in [0.25, 0.3) is 35.9 Å². The van der Waals surface area contributed by atoms with E-state index in [1.807, 2.05) is 0 Å². The molecular weight excluding hydrogens is 908 g/mol. The number of H-pyrrole nitrogens is 1. The van der Waals surface area contributed by atoms with Gasteiger partial charge in [0.15, 0.2) is 11.6 Å². The minimum absolute atomic E-state index is 0.0334. The number of carbonyl (C=O) groups is 2. The number of aromatic amines is 1. The second kappa shape index (κ2) is 15.6. The summed E-state index contributed by atoms with van der Waals surface area (Å²) in [6, 6.07) is 14.9. The Morgan fingerprint density at radius 1 is 0.644 bits per heavy atom. The molecule has 0 bridgehead atoms. The zero-order chi connectivity index (χ0) is 43.4. The fourth-order valence-corrected chi connectivity index (χ4v) is 8.49. The predicted molar refractivity (Wildman–Crippen MR) is 205 cm³/mol. The van der Waals surface area contributed by atoms with Gasteiger partial charge in [0, 0.05) is 22.1 Å². The Bertz CT molecular complexity index is 3330. The third kappa shape index (κ3) is 8.58. The Morgan fingerprint density at radius 3 is 1.69 bits per heavy atom. The van der Waals surface area contributed by atoms with E-state index in [4.69, 9.17) is 35.8 Å². The molecule has 0 fully saturated rings. The van der Waals surface area contributed by atoms with E-state index in [1.54, 1.807) is 6.07 Å². The van der Waals surface area contributed by atoms with Gasteiger partial charge in [-0.25, -0.2) is 0 Å². The fourth-order valence-electron chi connectivity index (χ4n) is 6.07. The van der Waals surface area contributed by atoms with Crippen molar-refractivity contribution >= 4 is 110 Å². The van der Waals surface area contributed by atoms with Crippen LogP contribution in [0.4, 0.5) is 23.0 Å². The standard InChI is InChI=1S/C32H18Cl2N6O12S3.O3S/c33-30-38-31(34)40-32(39-30)36-17-10-16(19(53(44,45)46)12-20(17)54(47,48)49)35-18-11-21(55(50,51)52)26-24-22(14-8-4-5-9-15(14)28(42)23(18)24)25(29(43)37-26)27(41)13-6-2-1-3-7-13;1-4(2)3/h1-12,35H,(H,37,43)(H,44,45,46)(H,47,48,49)(H,50,51,52)(H,36,38,39,40);. The molecule has 0 aliphatic heterocycles. The third-order valence-electron chi connectivity index (χ3n) is 8.20. The largest absolute Gasteiger partial charge is 0.425 e. The number of anilines is 4. The maximum atomic E-state index is 14.4. The summed E-state index contributed by atoms with van der Waals surface area (Å²) in [7, 11) is -19.2. The fraction of sp³-hybridized carbons (Fsp3) is 0. The Balaban J connectivity index is 0.00000140. The van der Waals surface area contributed by atoms with Crippen molar-refractivity contribution in [2.75, 3.05) is 10.6 Å². The Kier molecular flexibility index (Phi) is 11.3. The van der Waals surface area contributed by atoms with Gasteiger partial charge < -0.3 is 15.6 Å². The summed E-state index contributed by atoms with van der Waals surface area (Å²) in [5.74, 6) is -2.20. The molecule has 4 aromatic carbocycles. The molecule has 6 N–H and O–H groups in total. The Hall–Kier alpha value is -6.03. The number of pyridine rings is 1. The molecule has 0 unspecified atom stereocenters. The molecule has 0 spiro atoms. The normalized spacial score (nSPS) is 12.3.